The topological polar surface area (TPSA) is 104 Å². The summed E-state index contributed by atoms with van der Waals surface area (Å²) in [5, 5.41) is 13.9. The highest BCUT2D eigenvalue weighted by molar-refractivity contribution is 5.96. The number of nitrogens with zero attached hydrogens (tertiary/aromatic N) is 3. The minimum atomic E-state index is -4.41. The summed E-state index contributed by atoms with van der Waals surface area (Å²) in [4.78, 5) is 28.0. The molecule has 3 heterocycles. The third kappa shape index (κ3) is 4.81. The molecule has 202 valence electrons. The predicted molar refractivity (Wildman–Crippen MR) is 132 cm³/mol. The van der Waals surface area contributed by atoms with Crippen LogP contribution in [-0.4, -0.2) is 51.2 Å². The summed E-state index contributed by atoms with van der Waals surface area (Å²) in [5.41, 5.74) is 1.52. The van der Waals surface area contributed by atoms with Crippen LogP contribution in [0, 0.1) is 12.3 Å². The maximum atomic E-state index is 13.2. The van der Waals surface area contributed by atoms with Crippen molar-refractivity contribution in [1.29, 1.82) is 0 Å². The number of benzene rings is 1. The van der Waals surface area contributed by atoms with Crippen LogP contribution in [0.15, 0.2) is 34.9 Å². The van der Waals surface area contributed by atoms with Crippen LogP contribution in [0.3, 0.4) is 0 Å². The van der Waals surface area contributed by atoms with Crippen LogP contribution >= 0.6 is 0 Å². The molecule has 1 saturated carbocycles. The van der Waals surface area contributed by atoms with Crippen molar-refractivity contribution in [1.82, 2.24) is 25.6 Å². The van der Waals surface area contributed by atoms with Crippen LogP contribution in [0.2, 0.25) is 0 Å². The van der Waals surface area contributed by atoms with Gasteiger partial charge in [0.1, 0.15) is 17.0 Å². The van der Waals surface area contributed by atoms with Crippen LogP contribution in [0.25, 0.3) is 11.3 Å². The Morgan fingerprint density at radius 1 is 1.18 bits per heavy atom. The fourth-order valence-electron chi connectivity index (χ4n) is 5.57. The van der Waals surface area contributed by atoms with Crippen LogP contribution in [0.5, 0.6) is 0 Å². The maximum absolute atomic E-state index is 13.2. The Morgan fingerprint density at radius 2 is 1.89 bits per heavy atom. The number of carbonyl (C=O) groups is 2. The molecule has 1 aliphatic carbocycles. The highest BCUT2D eigenvalue weighted by Crippen LogP contribution is 2.49. The first kappa shape index (κ1) is 26.0. The highest BCUT2D eigenvalue weighted by atomic mass is 19.4. The van der Waals surface area contributed by atoms with Gasteiger partial charge >= 0.3 is 6.18 Å². The Balaban J connectivity index is 1.19. The number of alkyl halides is 3. The molecule has 0 radical (unpaired) electrons. The smallest absolute Gasteiger partial charge is 0.360 e. The third-order valence-electron chi connectivity index (χ3n) is 7.98. The maximum Gasteiger partial charge on any atom is 0.416 e. The molecule has 0 bridgehead atoms. The second-order valence-corrected chi connectivity index (χ2v) is 10.3. The summed E-state index contributed by atoms with van der Waals surface area (Å²) in [7, 11) is 0. The normalized spacial score (nSPS) is 18.9. The molecule has 1 atom stereocenters. The van der Waals surface area contributed by atoms with Gasteiger partial charge in [-0.15, -0.1) is 0 Å². The number of aromatic nitrogens is 3. The van der Waals surface area contributed by atoms with E-state index in [9.17, 15) is 22.8 Å². The first-order valence-corrected chi connectivity index (χ1v) is 12.9. The van der Waals surface area contributed by atoms with E-state index in [0.29, 0.717) is 47.8 Å². The fourth-order valence-corrected chi connectivity index (χ4v) is 5.57. The van der Waals surface area contributed by atoms with E-state index in [4.69, 9.17) is 4.52 Å². The third-order valence-corrected chi connectivity index (χ3v) is 7.98. The highest BCUT2D eigenvalue weighted by Gasteiger charge is 2.49. The average molecular weight is 530 g/mol. The van der Waals surface area contributed by atoms with E-state index in [1.54, 1.807) is 13.0 Å². The second kappa shape index (κ2) is 9.92. The number of hydrogen-bond donors (Lipinski definition) is 2. The van der Waals surface area contributed by atoms with Gasteiger partial charge in [-0.25, -0.2) is 0 Å². The van der Waals surface area contributed by atoms with Crippen LogP contribution in [-0.2, 0) is 12.6 Å². The van der Waals surface area contributed by atoms with Crippen molar-refractivity contribution in [2.24, 2.45) is 5.41 Å². The van der Waals surface area contributed by atoms with Gasteiger partial charge < -0.3 is 14.7 Å². The Bertz CT molecular complexity index is 1320. The number of aromatic amines is 1. The lowest BCUT2D eigenvalue weighted by Gasteiger charge is -2.54. The largest absolute Gasteiger partial charge is 0.416 e. The Hall–Kier alpha value is -3.63. The lowest BCUT2D eigenvalue weighted by molar-refractivity contribution is -0.137. The molecule has 11 heteroatoms. The lowest BCUT2D eigenvalue weighted by atomic mass is 9.59. The van der Waals surface area contributed by atoms with Crippen molar-refractivity contribution in [3.05, 3.63) is 58.6 Å². The molecule has 2 aliphatic rings. The first-order chi connectivity index (χ1) is 18.1. The van der Waals surface area contributed by atoms with Crippen molar-refractivity contribution >= 4 is 11.8 Å². The van der Waals surface area contributed by atoms with Gasteiger partial charge in [0, 0.05) is 31.1 Å². The van der Waals surface area contributed by atoms with Gasteiger partial charge in [0.2, 0.25) is 0 Å². The summed E-state index contributed by atoms with van der Waals surface area (Å²) >= 11 is 0. The number of nitrogens with one attached hydrogen (secondary N) is 2. The van der Waals surface area contributed by atoms with Gasteiger partial charge in [-0.2, -0.15) is 18.3 Å². The summed E-state index contributed by atoms with van der Waals surface area (Å²) in [6.45, 7) is 5.02. The van der Waals surface area contributed by atoms with Gasteiger partial charge in [0.15, 0.2) is 0 Å². The molecule has 8 nitrogen and oxygen atoms in total. The standard InChI is InChI=1S/C27H30F3N5O3/c1-3-4-21-23(16(2)34-38-21)25(37)35-13-11-26(12-14-35)10-9-22(26)31-24(36)20-15-19(32-33-20)17-5-7-18(8-6-17)27(28,29)30/h5-8,15,22H,3-4,9-14H2,1-2H3,(H,31,36)(H,32,33). The van der Waals surface area contributed by atoms with Crippen molar-refractivity contribution in [2.75, 3.05) is 13.1 Å². The number of halogens is 3. The number of H-pyrrole nitrogens is 1. The molecule has 1 spiro atoms. The Labute approximate surface area is 218 Å². The molecule has 3 aromatic rings. The predicted octanol–water partition coefficient (Wildman–Crippen LogP) is 5.16. The molecule has 1 saturated heterocycles. The fraction of sp³-hybridized carbons (Fsp3) is 0.481. The van der Waals surface area contributed by atoms with Gasteiger partial charge in [-0.1, -0.05) is 24.2 Å². The number of hydrogen-bond acceptors (Lipinski definition) is 5. The zero-order chi connectivity index (χ0) is 27.1. The number of likely N-dealkylation sites (tertiary alicyclic amines) is 1. The summed E-state index contributed by atoms with van der Waals surface area (Å²) in [6.07, 6.45) is 0.528. The molecule has 2 amide bonds. The summed E-state index contributed by atoms with van der Waals surface area (Å²) in [5.74, 6) is 0.289. The summed E-state index contributed by atoms with van der Waals surface area (Å²) < 4.78 is 43.9. The molecule has 1 aromatic carbocycles. The molecule has 1 aliphatic heterocycles. The van der Waals surface area contributed by atoms with E-state index in [-0.39, 0.29) is 29.0 Å². The van der Waals surface area contributed by atoms with E-state index in [1.165, 1.54) is 12.1 Å². The number of aryl methyl sites for hydroxylation is 2. The second-order valence-electron chi connectivity index (χ2n) is 10.3. The van der Waals surface area contributed by atoms with E-state index < -0.39 is 11.7 Å². The van der Waals surface area contributed by atoms with Gasteiger partial charge in [-0.3, -0.25) is 14.7 Å². The van der Waals surface area contributed by atoms with Gasteiger partial charge in [-0.05, 0) is 62.6 Å². The molecule has 5 rings (SSSR count). The lowest BCUT2D eigenvalue weighted by Crippen LogP contribution is -2.59. The number of carbonyl (C=O) groups excluding carboxylic acids is 2. The minimum absolute atomic E-state index is 0.0157. The Kier molecular flexibility index (Phi) is 6.79. The zero-order valence-electron chi connectivity index (χ0n) is 21.3. The van der Waals surface area contributed by atoms with Gasteiger partial charge in [0.25, 0.3) is 11.8 Å². The molecule has 38 heavy (non-hydrogen) atoms. The van der Waals surface area contributed by atoms with Crippen molar-refractivity contribution in [2.45, 2.75) is 64.6 Å². The molecule has 2 aromatic heterocycles. The number of rotatable bonds is 6. The van der Waals surface area contributed by atoms with Crippen LogP contribution in [0.1, 0.15) is 76.9 Å². The molecular formula is C27H30F3N5O3. The minimum Gasteiger partial charge on any atom is -0.360 e. The molecular weight excluding hydrogens is 499 g/mol. The number of amides is 2. The zero-order valence-corrected chi connectivity index (χ0v) is 21.3. The van der Waals surface area contributed by atoms with E-state index in [1.807, 2.05) is 11.8 Å². The SMILES string of the molecule is CCCc1onc(C)c1C(=O)N1CCC2(CCC2NC(=O)c2cc(-c3ccc(C(F)(F)F)cc3)n[nH]2)CC1. The van der Waals surface area contributed by atoms with Gasteiger partial charge in [0.05, 0.1) is 17.0 Å². The van der Waals surface area contributed by atoms with Crippen LogP contribution in [0.4, 0.5) is 13.2 Å². The van der Waals surface area contributed by atoms with Crippen molar-refractivity contribution in [3.63, 3.8) is 0 Å². The monoisotopic (exact) mass is 529 g/mol. The molecule has 1 unspecified atom stereocenters. The summed E-state index contributed by atoms with van der Waals surface area (Å²) in [6, 6.07) is 6.19. The average Bonchev–Trinajstić information content (AvgIpc) is 3.53. The number of piperidine rings is 1. The molecule has 2 fully saturated rings. The van der Waals surface area contributed by atoms with E-state index in [0.717, 1.165) is 44.2 Å². The van der Waals surface area contributed by atoms with Crippen molar-refractivity contribution in [3.8, 4) is 11.3 Å². The quantitative estimate of drug-likeness (QED) is 0.459. The van der Waals surface area contributed by atoms with E-state index >= 15 is 0 Å². The molecule has 2 N–H and O–H groups in total. The first-order valence-electron chi connectivity index (χ1n) is 12.9. The van der Waals surface area contributed by atoms with Crippen LogP contribution < -0.4 is 5.32 Å². The Morgan fingerprint density at radius 3 is 2.50 bits per heavy atom. The van der Waals surface area contributed by atoms with Crippen molar-refractivity contribution < 1.29 is 27.3 Å². The van der Waals surface area contributed by atoms with E-state index in [2.05, 4.69) is 20.7 Å².